The van der Waals surface area contributed by atoms with E-state index in [0.29, 0.717) is 6.42 Å². The van der Waals surface area contributed by atoms with Crippen molar-refractivity contribution in [3.63, 3.8) is 0 Å². The van der Waals surface area contributed by atoms with E-state index in [1.807, 2.05) is 36.7 Å². The number of allylic oxidation sites excluding steroid dienone is 1. The van der Waals surface area contributed by atoms with Gasteiger partial charge in [0.1, 0.15) is 6.54 Å². The SMILES string of the molecule is CCCCCCCCCCCCC/C=C/[C@H](O)[C@H](CO)NC(=O)CCCCC[n+]1ccccc1. The first-order chi connectivity index (χ1) is 16.7. The third kappa shape index (κ3) is 16.8. The number of hydrogen-bond donors (Lipinski definition) is 3. The summed E-state index contributed by atoms with van der Waals surface area (Å²) in [5, 5.41) is 22.7. The average Bonchev–Trinajstić information content (AvgIpc) is 2.85. The van der Waals surface area contributed by atoms with Gasteiger partial charge in [-0.1, -0.05) is 89.4 Å². The normalized spacial score (nSPS) is 13.3. The Morgan fingerprint density at radius 1 is 0.853 bits per heavy atom. The van der Waals surface area contributed by atoms with Gasteiger partial charge in [-0.05, 0) is 25.7 Å². The van der Waals surface area contributed by atoms with Crippen molar-refractivity contribution < 1.29 is 19.6 Å². The highest BCUT2D eigenvalue weighted by Gasteiger charge is 2.18. The van der Waals surface area contributed by atoms with Gasteiger partial charge in [0.25, 0.3) is 0 Å². The molecule has 1 heterocycles. The van der Waals surface area contributed by atoms with Crippen molar-refractivity contribution in [1.82, 2.24) is 5.32 Å². The van der Waals surface area contributed by atoms with Crippen LogP contribution in [0, 0.1) is 0 Å². The molecule has 0 spiro atoms. The van der Waals surface area contributed by atoms with Crippen molar-refractivity contribution in [2.45, 2.75) is 128 Å². The summed E-state index contributed by atoms with van der Waals surface area (Å²) in [4.78, 5) is 12.2. The number of carbonyl (C=O) groups is 1. The van der Waals surface area contributed by atoms with Crippen molar-refractivity contribution in [3.05, 3.63) is 42.7 Å². The number of nitrogens with one attached hydrogen (secondary N) is 1. The molecule has 0 aromatic carbocycles. The molecule has 0 aliphatic heterocycles. The van der Waals surface area contributed by atoms with Crippen LogP contribution in [-0.2, 0) is 11.3 Å². The summed E-state index contributed by atoms with van der Waals surface area (Å²) in [5.74, 6) is -0.107. The van der Waals surface area contributed by atoms with Crippen molar-refractivity contribution in [2.24, 2.45) is 0 Å². The summed E-state index contributed by atoms with van der Waals surface area (Å²) >= 11 is 0. The van der Waals surface area contributed by atoms with E-state index in [1.54, 1.807) is 6.08 Å². The van der Waals surface area contributed by atoms with E-state index in [4.69, 9.17) is 0 Å². The molecule has 194 valence electrons. The number of aliphatic hydroxyl groups excluding tert-OH is 2. The molecule has 3 N–H and O–H groups in total. The molecule has 0 fully saturated rings. The number of amides is 1. The number of aryl methyl sites for hydroxylation is 1. The van der Waals surface area contributed by atoms with Crippen molar-refractivity contribution in [3.8, 4) is 0 Å². The fourth-order valence-corrected chi connectivity index (χ4v) is 4.15. The smallest absolute Gasteiger partial charge is 0.220 e. The van der Waals surface area contributed by atoms with Crippen molar-refractivity contribution in [2.75, 3.05) is 6.61 Å². The maximum Gasteiger partial charge on any atom is 0.220 e. The van der Waals surface area contributed by atoms with E-state index in [-0.39, 0.29) is 12.5 Å². The molecule has 0 saturated carbocycles. The first-order valence-electron chi connectivity index (χ1n) is 13.9. The number of aliphatic hydroxyl groups is 2. The Labute approximate surface area is 208 Å². The highest BCUT2D eigenvalue weighted by molar-refractivity contribution is 5.76. The van der Waals surface area contributed by atoms with Gasteiger partial charge in [0.2, 0.25) is 5.91 Å². The molecule has 0 unspecified atom stereocenters. The Morgan fingerprint density at radius 3 is 2.06 bits per heavy atom. The predicted octanol–water partition coefficient (Wildman–Crippen LogP) is 5.63. The van der Waals surface area contributed by atoms with Crippen molar-refractivity contribution in [1.29, 1.82) is 0 Å². The maximum absolute atomic E-state index is 12.2. The van der Waals surface area contributed by atoms with Crippen LogP contribution in [-0.4, -0.2) is 34.9 Å². The number of unbranched alkanes of at least 4 members (excludes halogenated alkanes) is 13. The molecule has 5 heteroatoms. The standard InChI is InChI=1S/C29H50N2O3/c1-2-3-4-5-6-7-8-9-10-11-12-13-16-21-28(33)27(26-32)30-29(34)22-17-14-18-23-31-24-19-15-20-25-31/h15-16,19-21,24-25,27-28,32-33H,2-14,17-18,22-23,26H2,1H3/p+1/b21-16+/t27-,28-/m0/s1. The lowest BCUT2D eigenvalue weighted by Gasteiger charge is -2.19. The quantitative estimate of drug-likeness (QED) is 0.116. The molecular formula is C29H51N2O3+. The van der Waals surface area contributed by atoms with Crippen LogP contribution in [0.1, 0.15) is 110 Å². The second-order valence-corrected chi connectivity index (χ2v) is 9.52. The highest BCUT2D eigenvalue weighted by Crippen LogP contribution is 2.12. The maximum atomic E-state index is 12.2. The Bertz CT molecular complexity index is 621. The van der Waals surface area contributed by atoms with E-state index >= 15 is 0 Å². The van der Waals surface area contributed by atoms with Gasteiger partial charge in [0.05, 0.1) is 18.8 Å². The van der Waals surface area contributed by atoms with E-state index in [1.165, 1.54) is 64.2 Å². The zero-order valence-electron chi connectivity index (χ0n) is 21.7. The lowest BCUT2D eigenvalue weighted by molar-refractivity contribution is -0.697. The third-order valence-corrected chi connectivity index (χ3v) is 6.36. The van der Waals surface area contributed by atoms with Gasteiger partial charge in [0.15, 0.2) is 12.4 Å². The molecule has 34 heavy (non-hydrogen) atoms. The molecule has 1 aromatic heterocycles. The van der Waals surface area contributed by atoms with Crippen LogP contribution >= 0.6 is 0 Å². The number of hydrogen-bond acceptors (Lipinski definition) is 3. The van der Waals surface area contributed by atoms with E-state index in [0.717, 1.165) is 38.6 Å². The summed E-state index contributed by atoms with van der Waals surface area (Å²) in [7, 11) is 0. The van der Waals surface area contributed by atoms with Gasteiger partial charge >= 0.3 is 0 Å². The molecule has 5 nitrogen and oxygen atoms in total. The van der Waals surface area contributed by atoms with Gasteiger partial charge in [-0.2, -0.15) is 0 Å². The minimum atomic E-state index is -0.851. The van der Waals surface area contributed by atoms with Gasteiger partial charge in [-0.3, -0.25) is 4.79 Å². The second kappa shape index (κ2) is 21.8. The minimum Gasteiger partial charge on any atom is -0.394 e. The van der Waals surface area contributed by atoms with Crippen LogP contribution in [0.3, 0.4) is 0 Å². The number of aromatic nitrogens is 1. The fraction of sp³-hybridized carbons (Fsp3) is 0.724. The van der Waals surface area contributed by atoms with Gasteiger partial charge in [-0.15, -0.1) is 0 Å². The summed E-state index contributed by atoms with van der Waals surface area (Å²) in [6, 6.07) is 5.39. The Morgan fingerprint density at radius 2 is 1.44 bits per heavy atom. The van der Waals surface area contributed by atoms with Crippen molar-refractivity contribution >= 4 is 5.91 Å². The van der Waals surface area contributed by atoms with Crippen LogP contribution in [0.5, 0.6) is 0 Å². The number of rotatable bonds is 22. The first-order valence-corrected chi connectivity index (χ1v) is 13.9. The summed E-state index contributed by atoms with van der Waals surface area (Å²) < 4.78 is 2.14. The van der Waals surface area contributed by atoms with E-state index < -0.39 is 12.1 Å². The molecule has 0 aliphatic carbocycles. The highest BCUT2D eigenvalue weighted by atomic mass is 16.3. The first kappa shape index (κ1) is 30.3. The van der Waals surface area contributed by atoms with Crippen LogP contribution in [0.2, 0.25) is 0 Å². The second-order valence-electron chi connectivity index (χ2n) is 9.52. The largest absolute Gasteiger partial charge is 0.394 e. The summed E-state index contributed by atoms with van der Waals surface area (Å²) in [6.07, 6.45) is 25.6. The predicted molar refractivity (Wildman–Crippen MR) is 140 cm³/mol. The average molecular weight is 476 g/mol. The monoisotopic (exact) mass is 475 g/mol. The molecule has 1 rings (SSSR count). The Kier molecular flexibility index (Phi) is 19.4. The summed E-state index contributed by atoms with van der Waals surface area (Å²) in [6.45, 7) is 2.94. The fourth-order valence-electron chi connectivity index (χ4n) is 4.15. The van der Waals surface area contributed by atoms with Crippen LogP contribution in [0.4, 0.5) is 0 Å². The number of nitrogens with zero attached hydrogens (tertiary/aromatic N) is 1. The zero-order chi connectivity index (χ0) is 24.7. The van der Waals surface area contributed by atoms with Crippen LogP contribution in [0.15, 0.2) is 42.7 Å². The topological polar surface area (TPSA) is 73.4 Å². The third-order valence-electron chi connectivity index (χ3n) is 6.36. The summed E-state index contributed by atoms with van der Waals surface area (Å²) in [5.41, 5.74) is 0. The lowest BCUT2D eigenvalue weighted by atomic mass is 10.0. The molecule has 2 atom stereocenters. The van der Waals surface area contributed by atoms with Crippen LogP contribution < -0.4 is 9.88 Å². The van der Waals surface area contributed by atoms with E-state index in [9.17, 15) is 15.0 Å². The molecule has 0 bridgehead atoms. The number of pyridine rings is 1. The molecular weight excluding hydrogens is 424 g/mol. The molecule has 0 saturated heterocycles. The molecule has 1 amide bonds. The van der Waals surface area contributed by atoms with Gasteiger partial charge in [0, 0.05) is 25.0 Å². The minimum absolute atomic E-state index is 0.107. The number of carbonyl (C=O) groups excluding carboxylic acids is 1. The molecule has 1 aromatic rings. The Hall–Kier alpha value is -1.72. The van der Waals surface area contributed by atoms with E-state index in [2.05, 4.69) is 16.8 Å². The molecule has 0 aliphatic rings. The Balaban J connectivity index is 2.03. The molecule has 0 radical (unpaired) electrons. The van der Waals surface area contributed by atoms with Gasteiger partial charge < -0.3 is 15.5 Å². The zero-order valence-corrected chi connectivity index (χ0v) is 21.7. The van der Waals surface area contributed by atoms with Gasteiger partial charge in [-0.25, -0.2) is 4.57 Å². The lowest BCUT2D eigenvalue weighted by Crippen LogP contribution is -2.45. The van der Waals surface area contributed by atoms with Crippen LogP contribution in [0.25, 0.3) is 0 Å².